The minimum Gasteiger partial charge on any atom is -0.497 e. The summed E-state index contributed by atoms with van der Waals surface area (Å²) in [6, 6.07) is 6.76. The smallest absolute Gasteiger partial charge is 0.260 e. The van der Waals surface area contributed by atoms with Crippen LogP contribution in [0, 0.1) is 0 Å². The molecule has 0 atom stereocenters. The maximum atomic E-state index is 11.6. The third-order valence-electron chi connectivity index (χ3n) is 2.45. The molecule has 4 nitrogen and oxygen atoms in total. The van der Waals surface area contributed by atoms with E-state index in [9.17, 15) is 9.59 Å². The Morgan fingerprint density at radius 3 is 2.31 bits per heavy atom. The first-order chi connectivity index (χ1) is 7.63. The molecule has 0 saturated carbocycles. The average Bonchev–Trinajstić information content (AvgIpc) is 2.54. The van der Waals surface area contributed by atoms with Crippen LogP contribution in [0.4, 0.5) is 5.69 Å². The number of ether oxygens (including phenoxy) is 1. The van der Waals surface area contributed by atoms with E-state index in [0.29, 0.717) is 17.0 Å². The van der Waals surface area contributed by atoms with E-state index in [0.717, 1.165) is 4.90 Å². The lowest BCUT2D eigenvalue weighted by Gasteiger charge is -2.13. The van der Waals surface area contributed by atoms with E-state index in [4.69, 9.17) is 4.74 Å². The van der Waals surface area contributed by atoms with E-state index >= 15 is 0 Å². The van der Waals surface area contributed by atoms with Gasteiger partial charge in [-0.15, -0.1) is 0 Å². The fourth-order valence-corrected chi connectivity index (χ4v) is 1.60. The van der Waals surface area contributed by atoms with Gasteiger partial charge >= 0.3 is 0 Å². The summed E-state index contributed by atoms with van der Waals surface area (Å²) in [5, 5.41) is 0. The molecule has 4 heteroatoms. The number of nitrogens with zero attached hydrogens (tertiary/aromatic N) is 1. The van der Waals surface area contributed by atoms with Crippen LogP contribution in [0.3, 0.4) is 0 Å². The van der Waals surface area contributed by atoms with Crippen LogP contribution < -0.4 is 9.64 Å². The van der Waals surface area contributed by atoms with Gasteiger partial charge < -0.3 is 4.74 Å². The molecule has 0 bridgehead atoms. The molecule has 82 valence electrons. The Labute approximate surface area is 93.1 Å². The lowest BCUT2D eigenvalue weighted by molar-refractivity contribution is -0.120. The molecule has 1 aliphatic heterocycles. The zero-order valence-corrected chi connectivity index (χ0v) is 8.90. The lowest BCUT2D eigenvalue weighted by atomic mass is 10.2. The summed E-state index contributed by atoms with van der Waals surface area (Å²) < 4.78 is 5.00. The van der Waals surface area contributed by atoms with Gasteiger partial charge in [-0.05, 0) is 24.3 Å². The van der Waals surface area contributed by atoms with E-state index in [1.807, 2.05) is 0 Å². The Balaban J connectivity index is 2.33. The second kappa shape index (κ2) is 3.81. The molecule has 0 aromatic heterocycles. The molecular formula is C12H11NO3. The first-order valence-electron chi connectivity index (χ1n) is 4.82. The molecule has 0 radical (unpaired) electrons. The molecule has 0 N–H and O–H groups in total. The predicted octanol–water partition coefficient (Wildman–Crippen LogP) is 1.51. The molecule has 0 aliphatic carbocycles. The number of methoxy groups -OCH3 is 1. The SMILES string of the molecule is C=C1CC(=O)N(c2ccc(OC)cc2)C1=O. The van der Waals surface area contributed by atoms with Crippen LogP contribution in [0.1, 0.15) is 6.42 Å². The highest BCUT2D eigenvalue weighted by atomic mass is 16.5. The Morgan fingerprint density at radius 2 is 1.88 bits per heavy atom. The van der Waals surface area contributed by atoms with Crippen molar-refractivity contribution in [1.82, 2.24) is 0 Å². The molecule has 1 aliphatic rings. The summed E-state index contributed by atoms with van der Waals surface area (Å²) in [7, 11) is 1.56. The van der Waals surface area contributed by atoms with Crippen molar-refractivity contribution in [2.24, 2.45) is 0 Å². The molecule has 1 fully saturated rings. The summed E-state index contributed by atoms with van der Waals surface area (Å²) in [5.74, 6) is 0.122. The predicted molar refractivity (Wildman–Crippen MR) is 59.2 cm³/mol. The average molecular weight is 217 g/mol. The van der Waals surface area contributed by atoms with Crippen molar-refractivity contribution >= 4 is 17.5 Å². The molecule has 1 aromatic rings. The fraction of sp³-hybridized carbons (Fsp3) is 0.167. The number of amides is 2. The van der Waals surface area contributed by atoms with E-state index in [2.05, 4.69) is 6.58 Å². The van der Waals surface area contributed by atoms with Gasteiger partial charge in [0.15, 0.2) is 0 Å². The van der Waals surface area contributed by atoms with E-state index in [1.54, 1.807) is 31.4 Å². The number of carbonyl (C=O) groups is 2. The minimum absolute atomic E-state index is 0.102. The van der Waals surface area contributed by atoms with Crippen molar-refractivity contribution in [3.63, 3.8) is 0 Å². The molecule has 2 amide bonds. The monoisotopic (exact) mass is 217 g/mol. The Hall–Kier alpha value is -2.10. The molecular weight excluding hydrogens is 206 g/mol. The summed E-state index contributed by atoms with van der Waals surface area (Å²) in [6.07, 6.45) is 0.102. The van der Waals surface area contributed by atoms with E-state index in [1.165, 1.54) is 0 Å². The summed E-state index contributed by atoms with van der Waals surface area (Å²) in [4.78, 5) is 24.3. The maximum Gasteiger partial charge on any atom is 0.260 e. The number of imide groups is 1. The largest absolute Gasteiger partial charge is 0.497 e. The fourth-order valence-electron chi connectivity index (χ4n) is 1.60. The molecule has 1 aromatic carbocycles. The Morgan fingerprint density at radius 1 is 1.25 bits per heavy atom. The van der Waals surface area contributed by atoms with Crippen molar-refractivity contribution < 1.29 is 14.3 Å². The van der Waals surface area contributed by atoms with Gasteiger partial charge in [0.25, 0.3) is 5.91 Å². The number of rotatable bonds is 2. The topological polar surface area (TPSA) is 46.6 Å². The Kier molecular flexibility index (Phi) is 2.48. The van der Waals surface area contributed by atoms with Gasteiger partial charge in [0, 0.05) is 5.57 Å². The van der Waals surface area contributed by atoms with E-state index in [-0.39, 0.29) is 18.2 Å². The van der Waals surface area contributed by atoms with Gasteiger partial charge in [0.2, 0.25) is 5.91 Å². The normalized spacial score (nSPS) is 15.8. The number of anilines is 1. The molecule has 2 rings (SSSR count). The van der Waals surface area contributed by atoms with Crippen molar-refractivity contribution in [3.8, 4) is 5.75 Å². The van der Waals surface area contributed by atoms with Gasteiger partial charge in [-0.25, -0.2) is 4.90 Å². The molecule has 0 spiro atoms. The minimum atomic E-state index is -0.324. The first-order valence-corrected chi connectivity index (χ1v) is 4.82. The van der Waals surface area contributed by atoms with Crippen LogP contribution in [-0.4, -0.2) is 18.9 Å². The number of benzene rings is 1. The maximum absolute atomic E-state index is 11.6. The van der Waals surface area contributed by atoms with E-state index < -0.39 is 0 Å². The second-order valence-corrected chi connectivity index (χ2v) is 3.51. The summed E-state index contributed by atoms with van der Waals surface area (Å²) in [5.41, 5.74) is 0.885. The number of carbonyl (C=O) groups excluding carboxylic acids is 2. The molecule has 1 saturated heterocycles. The Bertz CT molecular complexity index is 462. The van der Waals surface area contributed by atoms with Crippen molar-refractivity contribution in [3.05, 3.63) is 36.4 Å². The third kappa shape index (κ3) is 1.58. The van der Waals surface area contributed by atoms with Crippen LogP contribution in [0.15, 0.2) is 36.4 Å². The van der Waals surface area contributed by atoms with Crippen LogP contribution in [0.5, 0.6) is 5.75 Å². The highest BCUT2D eigenvalue weighted by Gasteiger charge is 2.33. The highest BCUT2D eigenvalue weighted by Crippen LogP contribution is 2.26. The quantitative estimate of drug-likeness (QED) is 0.557. The summed E-state index contributed by atoms with van der Waals surface area (Å²) >= 11 is 0. The van der Waals surface area contributed by atoms with Gasteiger partial charge in [-0.1, -0.05) is 6.58 Å². The van der Waals surface area contributed by atoms with Crippen molar-refractivity contribution in [1.29, 1.82) is 0 Å². The summed E-state index contributed by atoms with van der Waals surface area (Å²) in [6.45, 7) is 3.56. The van der Waals surface area contributed by atoms with Gasteiger partial charge in [-0.2, -0.15) is 0 Å². The number of hydrogen-bond donors (Lipinski definition) is 0. The van der Waals surface area contributed by atoms with Crippen molar-refractivity contribution in [2.45, 2.75) is 6.42 Å². The molecule has 1 heterocycles. The molecule has 16 heavy (non-hydrogen) atoms. The van der Waals surface area contributed by atoms with Crippen LogP contribution in [-0.2, 0) is 9.59 Å². The van der Waals surface area contributed by atoms with Gasteiger partial charge in [0.1, 0.15) is 5.75 Å². The van der Waals surface area contributed by atoms with Crippen molar-refractivity contribution in [2.75, 3.05) is 12.0 Å². The zero-order chi connectivity index (χ0) is 11.7. The van der Waals surface area contributed by atoms with Crippen LogP contribution >= 0.6 is 0 Å². The van der Waals surface area contributed by atoms with Gasteiger partial charge in [-0.3, -0.25) is 9.59 Å². The second-order valence-electron chi connectivity index (χ2n) is 3.51. The number of hydrogen-bond acceptors (Lipinski definition) is 3. The van der Waals surface area contributed by atoms with Crippen LogP contribution in [0.2, 0.25) is 0 Å². The van der Waals surface area contributed by atoms with Crippen LogP contribution in [0.25, 0.3) is 0 Å². The highest BCUT2D eigenvalue weighted by molar-refractivity contribution is 6.27. The lowest BCUT2D eigenvalue weighted by Crippen LogP contribution is -2.28. The standard InChI is InChI=1S/C12H11NO3/c1-8-7-11(14)13(12(8)15)9-3-5-10(16-2)6-4-9/h3-6H,1,7H2,2H3. The molecule has 0 unspecified atom stereocenters. The third-order valence-corrected chi connectivity index (χ3v) is 2.45. The first kappa shape index (κ1) is 10.4. The van der Waals surface area contributed by atoms with Gasteiger partial charge in [0.05, 0.1) is 19.2 Å². The zero-order valence-electron chi connectivity index (χ0n) is 8.90.